The molecule has 0 saturated carbocycles. The second kappa shape index (κ2) is 11.1. The van der Waals surface area contributed by atoms with E-state index in [0.29, 0.717) is 18.6 Å². The van der Waals surface area contributed by atoms with Crippen molar-refractivity contribution < 1.29 is 14.3 Å². The Hall–Kier alpha value is -0.570. The van der Waals surface area contributed by atoms with E-state index < -0.39 is 0 Å². The van der Waals surface area contributed by atoms with E-state index in [9.17, 15) is 4.79 Å². The summed E-state index contributed by atoms with van der Waals surface area (Å²) in [6, 6.07) is 0. The molecule has 0 N–H and O–H groups in total. The van der Waals surface area contributed by atoms with Gasteiger partial charge in [0.1, 0.15) is 0 Å². The van der Waals surface area contributed by atoms with Gasteiger partial charge in [0.15, 0.2) is 0 Å². The molecule has 3 heteroatoms. The fourth-order valence-corrected chi connectivity index (χ4v) is 2.71. The Bertz CT molecular complexity index is 253. The average molecular weight is 284 g/mol. The van der Waals surface area contributed by atoms with Gasteiger partial charge in [0.05, 0.1) is 19.3 Å². The molecule has 2 atom stereocenters. The van der Waals surface area contributed by atoms with Crippen molar-refractivity contribution in [2.45, 2.75) is 96.2 Å². The Balaban J connectivity index is 1.80. The Kier molecular flexibility index (Phi) is 9.73. The van der Waals surface area contributed by atoms with Gasteiger partial charge in [0.25, 0.3) is 0 Å². The summed E-state index contributed by atoms with van der Waals surface area (Å²) in [5.74, 6) is -0.0846. The molecule has 0 aromatic heterocycles. The predicted molar refractivity (Wildman–Crippen MR) is 81.8 cm³/mol. The Morgan fingerprint density at radius 3 is 2.00 bits per heavy atom. The Morgan fingerprint density at radius 2 is 1.45 bits per heavy atom. The number of hydrogen-bond donors (Lipinski definition) is 0. The van der Waals surface area contributed by atoms with Gasteiger partial charge in [0, 0.05) is 6.42 Å². The van der Waals surface area contributed by atoms with E-state index in [-0.39, 0.29) is 5.97 Å². The molecule has 3 nitrogen and oxygen atoms in total. The molecule has 0 radical (unpaired) electrons. The van der Waals surface area contributed by atoms with Gasteiger partial charge in [-0.05, 0) is 19.3 Å². The molecule has 118 valence electrons. The first-order valence-corrected chi connectivity index (χ1v) is 8.50. The third-order valence-corrected chi connectivity index (χ3v) is 4.13. The van der Waals surface area contributed by atoms with Crippen LogP contribution < -0.4 is 0 Å². The maximum absolute atomic E-state index is 10.9. The van der Waals surface area contributed by atoms with E-state index in [1.807, 2.05) is 0 Å². The lowest BCUT2D eigenvalue weighted by molar-refractivity contribution is -0.140. The minimum absolute atomic E-state index is 0.0846. The zero-order valence-electron chi connectivity index (χ0n) is 13.4. The fourth-order valence-electron chi connectivity index (χ4n) is 2.71. The number of ether oxygens (including phenoxy) is 2. The highest BCUT2D eigenvalue weighted by Crippen LogP contribution is 2.31. The highest BCUT2D eigenvalue weighted by Gasteiger charge is 2.36. The number of esters is 1. The molecular formula is C17H32O3. The highest BCUT2D eigenvalue weighted by atomic mass is 16.6. The van der Waals surface area contributed by atoms with Crippen LogP contribution in [0.3, 0.4) is 0 Å². The molecule has 0 amide bonds. The lowest BCUT2D eigenvalue weighted by Gasteiger charge is -2.00. The number of carbonyl (C=O) groups is 1. The van der Waals surface area contributed by atoms with Gasteiger partial charge in [0.2, 0.25) is 0 Å². The summed E-state index contributed by atoms with van der Waals surface area (Å²) in [6.45, 7) is 2.26. The first-order valence-electron chi connectivity index (χ1n) is 8.50. The molecular weight excluding hydrogens is 252 g/mol. The number of hydrogen-bond acceptors (Lipinski definition) is 3. The van der Waals surface area contributed by atoms with Crippen molar-refractivity contribution in [2.24, 2.45) is 0 Å². The first kappa shape index (κ1) is 17.5. The number of unbranched alkanes of at least 4 members (excludes halogenated alkanes) is 7. The van der Waals surface area contributed by atoms with Crippen LogP contribution in [0.1, 0.15) is 84.0 Å². The number of rotatable bonds is 13. The number of methoxy groups -OCH3 is 1. The van der Waals surface area contributed by atoms with E-state index in [1.54, 1.807) is 0 Å². The summed E-state index contributed by atoms with van der Waals surface area (Å²) in [5.41, 5.74) is 0. The normalized spacial score (nSPS) is 20.9. The summed E-state index contributed by atoms with van der Waals surface area (Å²) in [6.07, 6.45) is 15.4. The van der Waals surface area contributed by atoms with Gasteiger partial charge in [-0.3, -0.25) is 4.79 Å². The molecule has 1 heterocycles. The lowest BCUT2D eigenvalue weighted by Crippen LogP contribution is -1.99. The minimum atomic E-state index is -0.0846. The lowest BCUT2D eigenvalue weighted by atomic mass is 10.0. The van der Waals surface area contributed by atoms with Gasteiger partial charge in [-0.25, -0.2) is 0 Å². The molecule has 0 spiro atoms. The fraction of sp³-hybridized carbons (Fsp3) is 0.941. The number of epoxide rings is 1. The van der Waals surface area contributed by atoms with Crippen LogP contribution in [0.15, 0.2) is 0 Å². The van der Waals surface area contributed by atoms with Crippen molar-refractivity contribution in [1.29, 1.82) is 0 Å². The van der Waals surface area contributed by atoms with E-state index >= 15 is 0 Å². The molecule has 0 unspecified atom stereocenters. The largest absolute Gasteiger partial charge is 0.469 e. The van der Waals surface area contributed by atoms with Crippen molar-refractivity contribution in [1.82, 2.24) is 0 Å². The molecule has 0 aliphatic carbocycles. The van der Waals surface area contributed by atoms with Gasteiger partial charge in [-0.15, -0.1) is 0 Å². The van der Waals surface area contributed by atoms with Crippen molar-refractivity contribution in [3.8, 4) is 0 Å². The topological polar surface area (TPSA) is 38.8 Å². The van der Waals surface area contributed by atoms with Crippen molar-refractivity contribution in [2.75, 3.05) is 7.11 Å². The van der Waals surface area contributed by atoms with E-state index in [1.165, 1.54) is 64.9 Å². The van der Waals surface area contributed by atoms with Crippen LogP contribution in [0.2, 0.25) is 0 Å². The molecule has 0 aromatic carbocycles. The molecule has 0 aromatic rings. The van der Waals surface area contributed by atoms with Crippen LogP contribution in [-0.2, 0) is 14.3 Å². The average Bonchev–Trinajstić information content (AvgIpc) is 3.20. The van der Waals surface area contributed by atoms with Gasteiger partial charge in [-0.1, -0.05) is 58.3 Å². The van der Waals surface area contributed by atoms with Crippen LogP contribution in [0.25, 0.3) is 0 Å². The molecule has 1 aliphatic rings. The summed E-state index contributed by atoms with van der Waals surface area (Å²) < 4.78 is 10.3. The maximum Gasteiger partial charge on any atom is 0.305 e. The van der Waals surface area contributed by atoms with E-state index in [2.05, 4.69) is 11.7 Å². The first-order chi connectivity index (χ1) is 9.77. The molecule has 20 heavy (non-hydrogen) atoms. The highest BCUT2D eigenvalue weighted by molar-refractivity contribution is 5.68. The molecule has 1 fully saturated rings. The smallest absolute Gasteiger partial charge is 0.305 e. The standard InChI is InChI=1S/C17H32O3/c1-3-4-5-6-9-12-15-16(20-15)13-10-7-8-11-14-17(18)19-2/h15-16H,3-14H2,1-2H3/t15-,16+/m0/s1. The monoisotopic (exact) mass is 284 g/mol. The van der Waals surface area contributed by atoms with Crippen LogP contribution in [-0.4, -0.2) is 25.3 Å². The third kappa shape index (κ3) is 8.57. The minimum Gasteiger partial charge on any atom is -0.469 e. The van der Waals surface area contributed by atoms with E-state index in [0.717, 1.165) is 12.8 Å². The second-order valence-corrected chi connectivity index (χ2v) is 5.94. The molecule has 0 bridgehead atoms. The molecule has 1 rings (SSSR count). The third-order valence-electron chi connectivity index (χ3n) is 4.13. The van der Waals surface area contributed by atoms with Crippen molar-refractivity contribution >= 4 is 5.97 Å². The molecule has 1 saturated heterocycles. The number of carbonyl (C=O) groups excluding carboxylic acids is 1. The molecule has 1 aliphatic heterocycles. The van der Waals surface area contributed by atoms with Crippen molar-refractivity contribution in [3.63, 3.8) is 0 Å². The summed E-state index contributed by atoms with van der Waals surface area (Å²) >= 11 is 0. The van der Waals surface area contributed by atoms with Crippen LogP contribution >= 0.6 is 0 Å². The van der Waals surface area contributed by atoms with Crippen LogP contribution in [0.5, 0.6) is 0 Å². The maximum atomic E-state index is 10.9. The van der Waals surface area contributed by atoms with E-state index in [4.69, 9.17) is 4.74 Å². The zero-order chi connectivity index (χ0) is 14.6. The van der Waals surface area contributed by atoms with Crippen LogP contribution in [0, 0.1) is 0 Å². The predicted octanol–water partition coefficient (Wildman–Crippen LogP) is 4.63. The Labute approximate surface area is 124 Å². The van der Waals surface area contributed by atoms with Gasteiger partial charge >= 0.3 is 5.97 Å². The van der Waals surface area contributed by atoms with Gasteiger partial charge in [-0.2, -0.15) is 0 Å². The van der Waals surface area contributed by atoms with Crippen LogP contribution in [0.4, 0.5) is 0 Å². The van der Waals surface area contributed by atoms with Gasteiger partial charge < -0.3 is 9.47 Å². The second-order valence-electron chi connectivity index (χ2n) is 5.94. The summed E-state index contributed by atoms with van der Waals surface area (Å²) in [4.78, 5) is 10.9. The summed E-state index contributed by atoms with van der Waals surface area (Å²) in [5, 5.41) is 0. The SMILES string of the molecule is CCCCCCC[C@@H]1O[C@@H]1CCCCCCC(=O)OC. The van der Waals surface area contributed by atoms with Crippen molar-refractivity contribution in [3.05, 3.63) is 0 Å². The summed E-state index contributed by atoms with van der Waals surface area (Å²) in [7, 11) is 1.45. The Morgan fingerprint density at radius 1 is 0.900 bits per heavy atom. The quantitative estimate of drug-likeness (QED) is 0.281. The zero-order valence-corrected chi connectivity index (χ0v) is 13.4.